The average Bonchev–Trinajstić information content (AvgIpc) is 3.00. The van der Waals surface area contributed by atoms with Crippen molar-refractivity contribution in [2.75, 3.05) is 32.1 Å². The van der Waals surface area contributed by atoms with Crippen LogP contribution in [0.5, 0.6) is 5.75 Å². The summed E-state index contributed by atoms with van der Waals surface area (Å²) in [4.78, 5) is 27.9. The van der Waals surface area contributed by atoms with Crippen molar-refractivity contribution in [1.82, 2.24) is 14.5 Å². The summed E-state index contributed by atoms with van der Waals surface area (Å²) < 4.78 is 34.4. The van der Waals surface area contributed by atoms with E-state index in [1.165, 1.54) is 42.0 Å². The summed E-state index contributed by atoms with van der Waals surface area (Å²) >= 11 is 5.95. The van der Waals surface area contributed by atoms with Crippen molar-refractivity contribution in [3.63, 3.8) is 0 Å². The van der Waals surface area contributed by atoms with Crippen molar-refractivity contribution in [2.45, 2.75) is 75.5 Å². The maximum atomic E-state index is 13.5. The summed E-state index contributed by atoms with van der Waals surface area (Å²) in [7, 11) is -2.35. The van der Waals surface area contributed by atoms with E-state index in [0.717, 1.165) is 25.7 Å². The Balaban J connectivity index is 1.59. The van der Waals surface area contributed by atoms with Crippen LogP contribution in [0.4, 0.5) is 10.5 Å². The van der Waals surface area contributed by atoms with Gasteiger partial charge in [0.15, 0.2) is 0 Å². The second-order valence-electron chi connectivity index (χ2n) is 11.4. The summed E-state index contributed by atoms with van der Waals surface area (Å²) in [6.45, 7) is 3.73. The Hall–Kier alpha value is -2.86. The third kappa shape index (κ3) is 7.94. The summed E-state index contributed by atoms with van der Waals surface area (Å²) in [5.74, 6) is -0.0371. The van der Waals surface area contributed by atoms with Crippen LogP contribution in [0.2, 0.25) is 5.02 Å². The predicted octanol–water partition coefficient (Wildman–Crippen LogP) is 4.26. The molecule has 4 rings (SSSR count). The number of carbonyl (C=O) groups excluding carboxylic acids is 2. The van der Waals surface area contributed by atoms with E-state index in [2.05, 4.69) is 10.6 Å². The predicted molar refractivity (Wildman–Crippen MR) is 162 cm³/mol. The molecule has 3 atom stereocenters. The zero-order valence-electron chi connectivity index (χ0n) is 24.4. The molecule has 1 aliphatic carbocycles. The number of likely N-dealkylation sites (N-methyl/N-ethyl adjacent to an activating group) is 1. The van der Waals surface area contributed by atoms with E-state index in [4.69, 9.17) is 16.3 Å². The van der Waals surface area contributed by atoms with Crippen LogP contribution >= 0.6 is 11.6 Å². The number of aliphatic hydroxyl groups is 1. The van der Waals surface area contributed by atoms with Crippen molar-refractivity contribution in [1.29, 1.82) is 0 Å². The van der Waals surface area contributed by atoms with Gasteiger partial charge in [-0.1, -0.05) is 37.8 Å². The largest absolute Gasteiger partial charge is 0.488 e. The first-order valence-corrected chi connectivity index (χ1v) is 16.3. The first-order valence-electron chi connectivity index (χ1n) is 14.5. The molecule has 0 radical (unpaired) electrons. The molecule has 3 amide bonds. The zero-order valence-corrected chi connectivity index (χ0v) is 26.0. The summed E-state index contributed by atoms with van der Waals surface area (Å²) in [6.07, 6.45) is 4.68. The molecule has 1 saturated carbocycles. The number of hydrogen-bond acceptors (Lipinski definition) is 6. The van der Waals surface area contributed by atoms with E-state index >= 15 is 0 Å². The van der Waals surface area contributed by atoms with Gasteiger partial charge < -0.3 is 25.4 Å². The molecule has 1 heterocycles. The molecule has 0 saturated heterocycles. The Bertz CT molecular complexity index is 1350. The molecule has 0 aromatic heterocycles. The van der Waals surface area contributed by atoms with Crippen molar-refractivity contribution in [3.8, 4) is 5.75 Å². The monoisotopic (exact) mass is 620 g/mol. The highest BCUT2D eigenvalue weighted by Crippen LogP contribution is 2.30. The molecule has 2 aliphatic rings. The Kier molecular flexibility index (Phi) is 10.7. The molecule has 230 valence electrons. The fourth-order valence-electron chi connectivity index (χ4n) is 5.46. The fraction of sp³-hybridized carbons (Fsp3) is 0.533. The number of rotatable bonds is 8. The second-order valence-corrected chi connectivity index (χ2v) is 13.9. The normalized spacial score (nSPS) is 21.0. The molecule has 0 unspecified atom stereocenters. The van der Waals surface area contributed by atoms with E-state index in [1.54, 1.807) is 30.0 Å². The van der Waals surface area contributed by atoms with Gasteiger partial charge in [-0.15, -0.1) is 0 Å². The molecule has 2 aromatic rings. The Labute approximate surface area is 253 Å². The lowest BCUT2D eigenvalue weighted by molar-refractivity contribution is -0.134. The number of nitrogens with zero attached hydrogens (tertiary/aromatic N) is 2. The smallest absolute Gasteiger partial charge is 0.319 e. The number of nitrogens with one attached hydrogen (secondary N) is 2. The number of aliphatic hydroxyl groups excluding tert-OH is 1. The van der Waals surface area contributed by atoms with Gasteiger partial charge in [0.2, 0.25) is 15.9 Å². The molecule has 42 heavy (non-hydrogen) atoms. The van der Waals surface area contributed by atoms with Crippen LogP contribution in [0.1, 0.15) is 51.5 Å². The minimum atomic E-state index is -3.84. The number of fused-ring (bicyclic) bond motifs is 1. The van der Waals surface area contributed by atoms with E-state index < -0.39 is 22.2 Å². The van der Waals surface area contributed by atoms with Crippen molar-refractivity contribution in [3.05, 3.63) is 53.1 Å². The molecule has 0 bridgehead atoms. The number of anilines is 1. The van der Waals surface area contributed by atoms with Crippen molar-refractivity contribution in [2.24, 2.45) is 5.92 Å². The number of urea groups is 1. The van der Waals surface area contributed by atoms with Gasteiger partial charge >= 0.3 is 6.03 Å². The lowest BCUT2D eigenvalue weighted by atomic mass is 9.96. The third-order valence-electron chi connectivity index (χ3n) is 8.07. The number of halogens is 1. The number of benzene rings is 2. The summed E-state index contributed by atoms with van der Waals surface area (Å²) in [5, 5.41) is 16.2. The van der Waals surface area contributed by atoms with Gasteiger partial charge in [-0.25, -0.2) is 13.2 Å². The van der Waals surface area contributed by atoms with Gasteiger partial charge in [-0.2, -0.15) is 4.31 Å². The molecular formula is C30H41ClN4O6S. The van der Waals surface area contributed by atoms with Gasteiger partial charge in [0.05, 0.1) is 30.5 Å². The SMILES string of the molecule is C[C@@H]1CN([C@@H](C)CO)C(=O)Cc2cc(NC(=O)NC3CCCCC3)ccc2O[C@H]1CN(C)S(=O)(=O)c1ccc(Cl)cc1. The summed E-state index contributed by atoms with van der Waals surface area (Å²) in [6, 6.07) is 10.5. The molecular weight excluding hydrogens is 580 g/mol. The van der Waals surface area contributed by atoms with Crippen LogP contribution < -0.4 is 15.4 Å². The van der Waals surface area contributed by atoms with Gasteiger partial charge in [-0.3, -0.25) is 4.79 Å². The lowest BCUT2D eigenvalue weighted by Gasteiger charge is -2.33. The molecule has 0 spiro atoms. The number of amides is 3. The molecule has 3 N–H and O–H groups in total. The van der Waals surface area contributed by atoms with E-state index in [-0.39, 0.29) is 54.9 Å². The molecule has 2 aromatic carbocycles. The standard InChI is InChI=1S/C30H41ClN4O6S/c1-20-17-35(21(2)19-36)29(37)16-22-15-25(33-30(38)32-24-7-5-4-6-8-24)11-14-27(22)41-28(20)18-34(3)42(39,40)26-12-9-23(31)10-13-26/h9-15,20-21,24,28,36H,4-8,16-19H2,1-3H3,(H2,32,33,38)/t20-,21+,28+/m1/s1. The quantitative estimate of drug-likeness (QED) is 0.405. The van der Waals surface area contributed by atoms with Gasteiger partial charge in [0, 0.05) is 41.8 Å². The highest BCUT2D eigenvalue weighted by atomic mass is 35.5. The highest BCUT2D eigenvalue weighted by molar-refractivity contribution is 7.89. The molecule has 1 aliphatic heterocycles. The number of sulfonamides is 1. The first-order chi connectivity index (χ1) is 20.0. The van der Waals surface area contributed by atoms with Crippen LogP contribution in [0.15, 0.2) is 47.4 Å². The fourth-order valence-corrected chi connectivity index (χ4v) is 6.77. The van der Waals surface area contributed by atoms with Crippen LogP contribution in [0.25, 0.3) is 0 Å². The average molecular weight is 621 g/mol. The first kappa shape index (κ1) is 32.1. The Morgan fingerprint density at radius 2 is 1.86 bits per heavy atom. The van der Waals surface area contributed by atoms with Gasteiger partial charge in [0.25, 0.3) is 0 Å². The minimum absolute atomic E-state index is 0.00219. The maximum Gasteiger partial charge on any atom is 0.319 e. The number of hydrogen-bond donors (Lipinski definition) is 3. The van der Waals surface area contributed by atoms with Crippen LogP contribution in [-0.2, 0) is 21.2 Å². The molecule has 1 fully saturated rings. The number of ether oxygens (including phenoxy) is 1. The van der Waals surface area contributed by atoms with Crippen molar-refractivity contribution >= 4 is 39.2 Å². The van der Waals surface area contributed by atoms with Crippen LogP contribution in [-0.4, -0.2) is 79.6 Å². The second kappa shape index (κ2) is 14.1. The lowest BCUT2D eigenvalue weighted by Crippen LogP contribution is -2.48. The molecule has 12 heteroatoms. The van der Waals surface area contributed by atoms with Gasteiger partial charge in [-0.05, 0) is 62.2 Å². The zero-order chi connectivity index (χ0) is 30.4. The van der Waals surface area contributed by atoms with E-state index in [0.29, 0.717) is 22.0 Å². The van der Waals surface area contributed by atoms with Crippen LogP contribution in [0.3, 0.4) is 0 Å². The summed E-state index contributed by atoms with van der Waals surface area (Å²) in [5.41, 5.74) is 1.08. The van der Waals surface area contributed by atoms with Crippen LogP contribution in [0, 0.1) is 5.92 Å². The highest BCUT2D eigenvalue weighted by Gasteiger charge is 2.33. The maximum absolute atomic E-state index is 13.5. The third-order valence-corrected chi connectivity index (χ3v) is 10.2. The topological polar surface area (TPSA) is 128 Å². The van der Waals surface area contributed by atoms with E-state index in [9.17, 15) is 23.1 Å². The van der Waals surface area contributed by atoms with Crippen molar-refractivity contribution < 1.29 is 27.9 Å². The Morgan fingerprint density at radius 1 is 1.17 bits per heavy atom. The van der Waals surface area contributed by atoms with Gasteiger partial charge in [0.1, 0.15) is 11.9 Å². The minimum Gasteiger partial charge on any atom is -0.488 e. The van der Waals surface area contributed by atoms with E-state index in [1.807, 2.05) is 6.92 Å². The number of carbonyl (C=O) groups is 2. The Morgan fingerprint density at radius 3 is 2.52 bits per heavy atom. The molecule has 10 nitrogen and oxygen atoms in total.